The van der Waals surface area contributed by atoms with Crippen LogP contribution < -0.4 is 5.43 Å². The zero-order valence-electron chi connectivity index (χ0n) is 8.11. The van der Waals surface area contributed by atoms with Crippen molar-refractivity contribution in [3.8, 4) is 0 Å². The molecule has 2 aromatic rings. The molecule has 2 rings (SSSR count). The number of fused-ring (bicyclic) bond motifs is 1. The van der Waals surface area contributed by atoms with Crippen LogP contribution in [-0.2, 0) is 6.44 Å². The Balaban J connectivity index is 2.64. The first kappa shape index (κ1) is 10.7. The maximum absolute atomic E-state index is 12.3. The lowest BCUT2D eigenvalue weighted by molar-refractivity contribution is 0.438. The average molecular weight is 227 g/mol. The maximum Gasteiger partial charge on any atom is 0.499 e. The van der Waals surface area contributed by atoms with E-state index in [1.165, 1.54) is 12.1 Å². The third-order valence-corrected chi connectivity index (χ3v) is 2.14. The highest BCUT2D eigenvalue weighted by Crippen LogP contribution is 2.14. The largest absolute Gasteiger partial charge is 0.499 e. The van der Waals surface area contributed by atoms with E-state index in [1.807, 2.05) is 0 Å². The van der Waals surface area contributed by atoms with Crippen LogP contribution in [0.3, 0.4) is 0 Å². The van der Waals surface area contributed by atoms with Gasteiger partial charge in [-0.05, 0) is 12.1 Å². The number of hydrogen-bond acceptors (Lipinski definition) is 2. The zero-order chi connectivity index (χ0) is 11.8. The van der Waals surface area contributed by atoms with E-state index in [9.17, 15) is 17.7 Å². The quantitative estimate of drug-likeness (QED) is 0.733. The van der Waals surface area contributed by atoms with E-state index in [0.29, 0.717) is 0 Å². The summed E-state index contributed by atoms with van der Waals surface area (Å²) in [5, 5.41) is 3.74. The minimum Gasteiger partial charge on any atom is -0.448 e. The molecule has 84 valence electrons. The van der Waals surface area contributed by atoms with Crippen molar-refractivity contribution in [2.45, 2.75) is 6.44 Å². The number of benzene rings is 1. The summed E-state index contributed by atoms with van der Waals surface area (Å²) in [6, 6.07) is 6.11. The molecule has 0 atom stereocenters. The summed E-state index contributed by atoms with van der Waals surface area (Å²) in [7, 11) is 0. The molecule has 0 aliphatic rings. The second kappa shape index (κ2) is 3.66. The topological polar surface area (TPSA) is 34.9 Å². The van der Waals surface area contributed by atoms with Gasteiger partial charge in [0.05, 0.1) is 11.7 Å². The van der Waals surface area contributed by atoms with Crippen LogP contribution in [0.25, 0.3) is 10.9 Å². The molecule has 0 spiro atoms. The Kier molecular flexibility index (Phi) is 2.45. The lowest BCUT2D eigenvalue weighted by atomic mass is 9.92. The van der Waals surface area contributed by atoms with Crippen LogP contribution in [-0.4, -0.2) is 16.8 Å². The van der Waals surface area contributed by atoms with Crippen molar-refractivity contribution in [2.75, 3.05) is 0 Å². The van der Waals surface area contributed by atoms with Gasteiger partial charge in [0.25, 0.3) is 0 Å². The third-order valence-electron chi connectivity index (χ3n) is 2.14. The fourth-order valence-corrected chi connectivity index (χ4v) is 1.50. The third kappa shape index (κ3) is 2.07. The Morgan fingerprint density at radius 3 is 2.62 bits per heavy atom. The molecule has 3 nitrogen and oxygen atoms in total. The number of aromatic nitrogens is 2. The molecule has 0 aliphatic heterocycles. The highest BCUT2D eigenvalue weighted by atomic mass is 19.4. The van der Waals surface area contributed by atoms with Gasteiger partial charge in [0.2, 0.25) is 5.43 Å². The number of halogens is 3. The van der Waals surface area contributed by atoms with Crippen molar-refractivity contribution in [2.24, 2.45) is 0 Å². The predicted molar refractivity (Wildman–Crippen MR) is 55.1 cm³/mol. The van der Waals surface area contributed by atoms with Crippen LogP contribution in [0.2, 0.25) is 0 Å². The van der Waals surface area contributed by atoms with Crippen LogP contribution in [0.1, 0.15) is 0 Å². The van der Waals surface area contributed by atoms with E-state index in [2.05, 4.69) is 5.10 Å². The van der Waals surface area contributed by atoms with E-state index in [1.54, 1.807) is 12.1 Å². The summed E-state index contributed by atoms with van der Waals surface area (Å²) in [5.74, 6) is 0. The van der Waals surface area contributed by atoms with Crippen molar-refractivity contribution < 1.29 is 12.9 Å². The number of hydrogen-bond donors (Lipinski definition) is 0. The van der Waals surface area contributed by atoms with Gasteiger partial charge in [-0.2, -0.15) is 5.10 Å². The van der Waals surface area contributed by atoms with Gasteiger partial charge in [-0.25, -0.2) is 0 Å². The molecule has 0 aliphatic carbocycles. The molecule has 0 saturated heterocycles. The maximum atomic E-state index is 12.3. The van der Waals surface area contributed by atoms with Gasteiger partial charge < -0.3 is 12.9 Å². The number of nitrogens with zero attached hydrogens (tertiary/aromatic N) is 2. The molecule has 7 heteroatoms. The van der Waals surface area contributed by atoms with E-state index in [4.69, 9.17) is 0 Å². The molecule has 0 fully saturated rings. The van der Waals surface area contributed by atoms with Crippen molar-refractivity contribution in [3.63, 3.8) is 0 Å². The molecule has 0 unspecified atom stereocenters. The minimum atomic E-state index is -4.98. The molecule has 1 aromatic heterocycles. The number of para-hydroxylation sites is 1. The van der Waals surface area contributed by atoms with E-state index in [-0.39, 0.29) is 16.3 Å². The van der Waals surface area contributed by atoms with Gasteiger partial charge in [0, 0.05) is 11.8 Å². The van der Waals surface area contributed by atoms with Gasteiger partial charge in [-0.3, -0.25) is 9.48 Å². The first-order valence-electron chi connectivity index (χ1n) is 4.63. The van der Waals surface area contributed by atoms with Gasteiger partial charge in [0.15, 0.2) is 0 Å². The lowest BCUT2D eigenvalue weighted by Gasteiger charge is -2.16. The van der Waals surface area contributed by atoms with Crippen molar-refractivity contribution in [1.82, 2.24) is 9.78 Å². The highest BCUT2D eigenvalue weighted by Gasteiger charge is 2.24. The second-order valence-corrected chi connectivity index (χ2v) is 3.42. The summed E-state index contributed by atoms with van der Waals surface area (Å²) < 4.78 is 37.7. The highest BCUT2D eigenvalue weighted by molar-refractivity contribution is 6.57. The van der Waals surface area contributed by atoms with Crippen LogP contribution in [0, 0.1) is 0 Å². The Bertz CT molecular complexity index is 579. The summed E-state index contributed by atoms with van der Waals surface area (Å²) in [6.07, 6.45) is -0.231. The van der Waals surface area contributed by atoms with Crippen molar-refractivity contribution >= 4 is 17.9 Å². The molecule has 0 N–H and O–H groups in total. The summed E-state index contributed by atoms with van der Waals surface area (Å²) in [6.45, 7) is -4.98. The molecule has 0 saturated carbocycles. The molecule has 0 radical (unpaired) electrons. The van der Waals surface area contributed by atoms with Crippen LogP contribution in [0.4, 0.5) is 12.9 Å². The standard InChI is InChI=1S/C9H7BF3N2O/c11-10(12,13)6-15-8-4-2-1-3-7(8)9(16)5-14-15/h1-5H,6H2/q-1. The normalized spacial score (nSPS) is 11.9. The Morgan fingerprint density at radius 1 is 1.25 bits per heavy atom. The molecule has 16 heavy (non-hydrogen) atoms. The summed E-state index contributed by atoms with van der Waals surface area (Å²) in [4.78, 5) is 11.3. The van der Waals surface area contributed by atoms with Gasteiger partial charge in [0.1, 0.15) is 0 Å². The van der Waals surface area contributed by atoms with Gasteiger partial charge in [-0.15, -0.1) is 0 Å². The van der Waals surface area contributed by atoms with E-state index >= 15 is 0 Å². The molecule has 1 aromatic carbocycles. The number of rotatable bonds is 2. The van der Waals surface area contributed by atoms with Crippen LogP contribution >= 0.6 is 0 Å². The minimum absolute atomic E-state index is 0.203. The van der Waals surface area contributed by atoms with Gasteiger partial charge in [-0.1, -0.05) is 12.1 Å². The fourth-order valence-electron chi connectivity index (χ4n) is 1.50. The Hall–Kier alpha value is -1.79. The fraction of sp³-hybridized carbons (Fsp3) is 0.111. The van der Waals surface area contributed by atoms with Crippen molar-refractivity contribution in [1.29, 1.82) is 0 Å². The molecular weight excluding hydrogens is 220 g/mol. The second-order valence-electron chi connectivity index (χ2n) is 3.42. The molecule has 1 heterocycles. The predicted octanol–water partition coefficient (Wildman–Crippen LogP) is 1.78. The SMILES string of the molecule is O=c1cnn(C[B-](F)(F)F)c2ccccc12. The first-order valence-corrected chi connectivity index (χ1v) is 4.63. The summed E-state index contributed by atoms with van der Waals surface area (Å²) in [5.41, 5.74) is -0.171. The Morgan fingerprint density at radius 2 is 1.94 bits per heavy atom. The van der Waals surface area contributed by atoms with Crippen LogP contribution in [0.15, 0.2) is 35.3 Å². The summed E-state index contributed by atoms with van der Waals surface area (Å²) >= 11 is 0. The zero-order valence-corrected chi connectivity index (χ0v) is 8.11. The van der Waals surface area contributed by atoms with E-state index in [0.717, 1.165) is 10.9 Å². The van der Waals surface area contributed by atoms with Crippen LogP contribution in [0.5, 0.6) is 0 Å². The van der Waals surface area contributed by atoms with Crippen molar-refractivity contribution in [3.05, 3.63) is 40.7 Å². The molecule has 0 bridgehead atoms. The first-order chi connectivity index (χ1) is 7.47. The van der Waals surface area contributed by atoms with Gasteiger partial charge >= 0.3 is 6.98 Å². The smallest absolute Gasteiger partial charge is 0.448 e. The van der Waals surface area contributed by atoms with E-state index < -0.39 is 13.4 Å². The lowest BCUT2D eigenvalue weighted by Crippen LogP contribution is -2.27. The Labute approximate surface area is 88.6 Å². The average Bonchev–Trinajstić information content (AvgIpc) is 2.21. The molecular formula is C9H7BF3N2O-. The molecule has 0 amide bonds. The monoisotopic (exact) mass is 227 g/mol.